The van der Waals surface area contributed by atoms with Crippen molar-refractivity contribution in [3.63, 3.8) is 0 Å². The fourth-order valence-electron chi connectivity index (χ4n) is 1.24. The van der Waals surface area contributed by atoms with Gasteiger partial charge in [0.1, 0.15) is 12.0 Å². The summed E-state index contributed by atoms with van der Waals surface area (Å²) in [5.74, 6) is 0.998. The van der Waals surface area contributed by atoms with Gasteiger partial charge in [-0.15, -0.1) is 0 Å². The standard InChI is InChI=1S/C11H12N2O.C2H6/c1-8(2)9-4-3-5-10(13-9)11-12-6-7-14-11;1-2/h3-8H,1-2H3;1-2H3. The minimum atomic E-state index is 0.421. The van der Waals surface area contributed by atoms with Crippen LogP contribution in [0.25, 0.3) is 11.6 Å². The maximum Gasteiger partial charge on any atom is 0.244 e. The molecule has 0 aliphatic heterocycles. The van der Waals surface area contributed by atoms with Gasteiger partial charge in [0.15, 0.2) is 0 Å². The van der Waals surface area contributed by atoms with Crippen LogP contribution in [0.2, 0.25) is 0 Å². The van der Waals surface area contributed by atoms with E-state index >= 15 is 0 Å². The van der Waals surface area contributed by atoms with E-state index in [-0.39, 0.29) is 0 Å². The second-order valence-electron chi connectivity index (χ2n) is 3.44. The molecular weight excluding hydrogens is 200 g/mol. The minimum absolute atomic E-state index is 0.421. The van der Waals surface area contributed by atoms with Crippen molar-refractivity contribution >= 4 is 0 Å². The minimum Gasteiger partial charge on any atom is -0.443 e. The van der Waals surface area contributed by atoms with Gasteiger partial charge in [-0.25, -0.2) is 9.97 Å². The van der Waals surface area contributed by atoms with Crippen LogP contribution in [0.1, 0.15) is 39.3 Å². The van der Waals surface area contributed by atoms with Gasteiger partial charge in [0.2, 0.25) is 5.89 Å². The molecule has 0 unspecified atom stereocenters. The number of rotatable bonds is 2. The second kappa shape index (κ2) is 6.05. The molecule has 3 nitrogen and oxygen atoms in total. The number of hydrogen-bond acceptors (Lipinski definition) is 3. The maximum absolute atomic E-state index is 5.18. The molecule has 2 heterocycles. The Balaban J connectivity index is 0.000000606. The van der Waals surface area contributed by atoms with Gasteiger partial charge in [-0.3, -0.25) is 0 Å². The highest BCUT2D eigenvalue weighted by Gasteiger charge is 2.06. The lowest BCUT2D eigenvalue weighted by molar-refractivity contribution is 0.571. The first-order valence-electron chi connectivity index (χ1n) is 5.64. The van der Waals surface area contributed by atoms with Gasteiger partial charge in [0, 0.05) is 5.69 Å². The normalized spacial score (nSPS) is 9.81. The summed E-state index contributed by atoms with van der Waals surface area (Å²) in [7, 11) is 0. The van der Waals surface area contributed by atoms with E-state index in [1.54, 1.807) is 12.5 Å². The summed E-state index contributed by atoms with van der Waals surface area (Å²) in [6, 6.07) is 5.89. The molecule has 0 radical (unpaired) electrons. The van der Waals surface area contributed by atoms with Crippen molar-refractivity contribution in [1.82, 2.24) is 9.97 Å². The number of aromatic nitrogens is 2. The zero-order valence-corrected chi connectivity index (χ0v) is 10.3. The van der Waals surface area contributed by atoms with E-state index in [4.69, 9.17) is 4.42 Å². The largest absolute Gasteiger partial charge is 0.443 e. The molecule has 0 atom stereocenters. The van der Waals surface area contributed by atoms with Crippen LogP contribution in [0.3, 0.4) is 0 Å². The Hall–Kier alpha value is -1.64. The Bertz CT molecular complexity index is 408. The lowest BCUT2D eigenvalue weighted by Crippen LogP contribution is -1.93. The Morgan fingerprint density at radius 2 is 1.94 bits per heavy atom. The molecular formula is C13H18N2O. The summed E-state index contributed by atoms with van der Waals surface area (Å²) in [6.45, 7) is 8.23. The van der Waals surface area contributed by atoms with Crippen LogP contribution in [0.15, 0.2) is 35.1 Å². The highest BCUT2D eigenvalue weighted by atomic mass is 16.3. The van der Waals surface area contributed by atoms with Crippen molar-refractivity contribution in [2.24, 2.45) is 0 Å². The molecule has 0 bridgehead atoms. The van der Waals surface area contributed by atoms with Crippen molar-refractivity contribution in [3.05, 3.63) is 36.4 Å². The number of oxazole rings is 1. The SMILES string of the molecule is CC.CC(C)c1cccc(-c2ncco2)n1. The summed E-state index contributed by atoms with van der Waals surface area (Å²) in [6.07, 6.45) is 3.18. The van der Waals surface area contributed by atoms with E-state index in [1.807, 2.05) is 32.0 Å². The first-order valence-corrected chi connectivity index (χ1v) is 5.64. The predicted molar refractivity (Wildman–Crippen MR) is 65.2 cm³/mol. The topological polar surface area (TPSA) is 38.9 Å². The maximum atomic E-state index is 5.18. The molecule has 2 aromatic rings. The van der Waals surface area contributed by atoms with Gasteiger partial charge < -0.3 is 4.42 Å². The third-order valence-corrected chi connectivity index (χ3v) is 2.01. The fraction of sp³-hybridized carbons (Fsp3) is 0.385. The van der Waals surface area contributed by atoms with Gasteiger partial charge in [0.25, 0.3) is 0 Å². The molecule has 0 spiro atoms. The molecule has 0 aliphatic rings. The van der Waals surface area contributed by atoms with Gasteiger partial charge in [0.05, 0.1) is 6.20 Å². The average Bonchev–Trinajstić information content (AvgIpc) is 2.85. The zero-order valence-electron chi connectivity index (χ0n) is 10.3. The van der Waals surface area contributed by atoms with Crippen molar-refractivity contribution in [1.29, 1.82) is 0 Å². The van der Waals surface area contributed by atoms with Crippen LogP contribution in [0, 0.1) is 0 Å². The molecule has 0 N–H and O–H groups in total. The van der Waals surface area contributed by atoms with Crippen molar-refractivity contribution in [2.45, 2.75) is 33.6 Å². The summed E-state index contributed by atoms with van der Waals surface area (Å²) < 4.78 is 5.18. The van der Waals surface area contributed by atoms with Crippen molar-refractivity contribution in [2.75, 3.05) is 0 Å². The molecule has 0 aliphatic carbocycles. The van der Waals surface area contributed by atoms with Crippen molar-refractivity contribution < 1.29 is 4.42 Å². The van der Waals surface area contributed by atoms with E-state index in [1.165, 1.54) is 0 Å². The van der Waals surface area contributed by atoms with Gasteiger partial charge in [-0.05, 0) is 18.1 Å². The molecule has 0 saturated carbocycles. The van der Waals surface area contributed by atoms with E-state index in [0.29, 0.717) is 11.8 Å². The van der Waals surface area contributed by atoms with Crippen LogP contribution >= 0.6 is 0 Å². The van der Waals surface area contributed by atoms with Crippen LogP contribution in [-0.4, -0.2) is 9.97 Å². The zero-order chi connectivity index (χ0) is 12.0. The van der Waals surface area contributed by atoms with Crippen LogP contribution in [-0.2, 0) is 0 Å². The van der Waals surface area contributed by atoms with Crippen LogP contribution in [0.4, 0.5) is 0 Å². The van der Waals surface area contributed by atoms with Gasteiger partial charge in [-0.2, -0.15) is 0 Å². The van der Waals surface area contributed by atoms with E-state index in [2.05, 4.69) is 23.8 Å². The van der Waals surface area contributed by atoms with Gasteiger partial charge in [-0.1, -0.05) is 33.8 Å². The number of nitrogens with zero attached hydrogens (tertiary/aromatic N) is 2. The Kier molecular flexibility index (Phi) is 4.70. The van der Waals surface area contributed by atoms with Crippen molar-refractivity contribution in [3.8, 4) is 11.6 Å². The van der Waals surface area contributed by atoms with Crippen LogP contribution < -0.4 is 0 Å². The van der Waals surface area contributed by atoms with E-state index in [0.717, 1.165) is 11.4 Å². The Morgan fingerprint density at radius 3 is 2.50 bits per heavy atom. The molecule has 0 fully saturated rings. The van der Waals surface area contributed by atoms with Gasteiger partial charge >= 0.3 is 0 Å². The molecule has 3 heteroatoms. The molecule has 0 amide bonds. The Labute approximate surface area is 96.6 Å². The molecule has 0 aromatic carbocycles. The summed E-state index contributed by atoms with van der Waals surface area (Å²) >= 11 is 0. The quantitative estimate of drug-likeness (QED) is 0.767. The molecule has 2 rings (SSSR count). The molecule has 2 aromatic heterocycles. The molecule has 16 heavy (non-hydrogen) atoms. The third-order valence-electron chi connectivity index (χ3n) is 2.01. The average molecular weight is 218 g/mol. The molecule has 0 saturated heterocycles. The lowest BCUT2D eigenvalue weighted by Gasteiger charge is -2.04. The third kappa shape index (κ3) is 2.92. The van der Waals surface area contributed by atoms with E-state index in [9.17, 15) is 0 Å². The van der Waals surface area contributed by atoms with Crippen LogP contribution in [0.5, 0.6) is 0 Å². The summed E-state index contributed by atoms with van der Waals surface area (Å²) in [5.41, 5.74) is 1.85. The molecule has 86 valence electrons. The number of hydrogen-bond donors (Lipinski definition) is 0. The first kappa shape index (κ1) is 12.4. The predicted octanol–water partition coefficient (Wildman–Crippen LogP) is 3.89. The van der Waals surface area contributed by atoms with E-state index < -0.39 is 0 Å². The highest BCUT2D eigenvalue weighted by molar-refractivity contribution is 5.46. The monoisotopic (exact) mass is 218 g/mol. The second-order valence-corrected chi connectivity index (χ2v) is 3.44. The summed E-state index contributed by atoms with van der Waals surface area (Å²) in [5, 5.41) is 0. The first-order chi connectivity index (χ1) is 7.77. The highest BCUT2D eigenvalue weighted by Crippen LogP contribution is 2.18. The Morgan fingerprint density at radius 1 is 1.19 bits per heavy atom. The number of pyridine rings is 1. The summed E-state index contributed by atoms with van der Waals surface area (Å²) in [4.78, 5) is 8.52. The lowest BCUT2D eigenvalue weighted by atomic mass is 10.1. The fourth-order valence-corrected chi connectivity index (χ4v) is 1.24. The smallest absolute Gasteiger partial charge is 0.244 e.